The smallest absolute Gasteiger partial charge is 0.224 e. The first-order valence-electron chi connectivity index (χ1n) is 8.05. The molecule has 2 rings (SSSR count). The molecule has 1 aliphatic heterocycles. The quantitative estimate of drug-likeness (QED) is 0.809. The van der Waals surface area contributed by atoms with E-state index in [1.807, 2.05) is 32.0 Å². The maximum atomic E-state index is 12.6. The Morgan fingerprint density at radius 2 is 2.00 bits per heavy atom. The van der Waals surface area contributed by atoms with Gasteiger partial charge in [0.2, 0.25) is 15.9 Å². The van der Waals surface area contributed by atoms with Crippen LogP contribution in [0.25, 0.3) is 0 Å². The van der Waals surface area contributed by atoms with Crippen LogP contribution in [-0.2, 0) is 21.2 Å². The fraction of sp³-hybridized carbons (Fsp3) is 0.588. The molecular formula is C17H26N2O4S. The lowest BCUT2D eigenvalue weighted by atomic mass is 9.89. The summed E-state index contributed by atoms with van der Waals surface area (Å²) in [5.41, 5.74) is 2.28. The average molecular weight is 354 g/mol. The molecule has 0 aromatic heterocycles. The molecule has 0 aliphatic carbocycles. The van der Waals surface area contributed by atoms with Crippen molar-refractivity contribution >= 4 is 15.9 Å². The molecule has 0 saturated heterocycles. The molecule has 134 valence electrons. The second kappa shape index (κ2) is 7.11. The number of methoxy groups -OCH3 is 1. The van der Waals surface area contributed by atoms with E-state index in [0.29, 0.717) is 0 Å². The van der Waals surface area contributed by atoms with Gasteiger partial charge in [-0.3, -0.25) is 4.79 Å². The summed E-state index contributed by atoms with van der Waals surface area (Å²) in [5.74, 6) is 0.524. The van der Waals surface area contributed by atoms with Crippen LogP contribution in [0.5, 0.6) is 5.75 Å². The van der Waals surface area contributed by atoms with Gasteiger partial charge in [-0.05, 0) is 43.5 Å². The normalized spacial score (nSPS) is 20.8. The van der Waals surface area contributed by atoms with Gasteiger partial charge in [-0.15, -0.1) is 0 Å². The Bertz CT molecular complexity index is 715. The van der Waals surface area contributed by atoms with Gasteiger partial charge < -0.3 is 9.64 Å². The van der Waals surface area contributed by atoms with Gasteiger partial charge in [0.1, 0.15) is 5.75 Å². The molecular weight excluding hydrogens is 328 g/mol. The van der Waals surface area contributed by atoms with Crippen LogP contribution in [0.2, 0.25) is 0 Å². The minimum atomic E-state index is -3.37. The lowest BCUT2D eigenvalue weighted by molar-refractivity contribution is -0.135. The Morgan fingerprint density at radius 1 is 1.33 bits per heavy atom. The number of rotatable bonds is 5. The van der Waals surface area contributed by atoms with Crippen LogP contribution in [0.1, 0.15) is 37.4 Å². The van der Waals surface area contributed by atoms with Crippen LogP contribution in [0.3, 0.4) is 0 Å². The van der Waals surface area contributed by atoms with Crippen molar-refractivity contribution in [3.8, 4) is 5.75 Å². The third-order valence-electron chi connectivity index (χ3n) is 4.63. The summed E-state index contributed by atoms with van der Waals surface area (Å²) in [6.07, 6.45) is 0.740. The first kappa shape index (κ1) is 18.7. The van der Waals surface area contributed by atoms with Crippen molar-refractivity contribution < 1.29 is 17.9 Å². The van der Waals surface area contributed by atoms with E-state index in [4.69, 9.17) is 4.74 Å². The summed E-state index contributed by atoms with van der Waals surface area (Å²) in [4.78, 5) is 14.4. The predicted molar refractivity (Wildman–Crippen MR) is 93.5 cm³/mol. The summed E-state index contributed by atoms with van der Waals surface area (Å²) in [6.45, 7) is 3.98. The minimum Gasteiger partial charge on any atom is -0.497 e. The molecule has 1 aromatic rings. The van der Waals surface area contributed by atoms with Gasteiger partial charge in [0.25, 0.3) is 0 Å². The number of amides is 1. The topological polar surface area (TPSA) is 66.9 Å². The minimum absolute atomic E-state index is 0.000676. The zero-order chi connectivity index (χ0) is 18.1. The molecule has 0 saturated carbocycles. The molecule has 0 N–H and O–H groups in total. The third-order valence-corrected chi connectivity index (χ3v) is 6.46. The van der Waals surface area contributed by atoms with Gasteiger partial charge in [-0.1, -0.05) is 6.07 Å². The first-order valence-corrected chi connectivity index (χ1v) is 9.66. The SMILES string of the molecule is COc1ccc2c(c1)CC(C)N(C(=O)CCS(=O)(=O)N(C)C)C2C. The maximum Gasteiger partial charge on any atom is 0.224 e. The molecule has 1 aromatic carbocycles. The van der Waals surface area contributed by atoms with Crippen molar-refractivity contribution in [3.63, 3.8) is 0 Å². The molecule has 0 radical (unpaired) electrons. The highest BCUT2D eigenvalue weighted by Gasteiger charge is 2.33. The number of benzene rings is 1. The molecule has 24 heavy (non-hydrogen) atoms. The molecule has 2 atom stereocenters. The molecule has 2 unspecified atom stereocenters. The van der Waals surface area contributed by atoms with Crippen molar-refractivity contribution in [3.05, 3.63) is 29.3 Å². The Hall–Kier alpha value is -1.60. The van der Waals surface area contributed by atoms with Crippen LogP contribution in [-0.4, -0.2) is 56.5 Å². The Labute approximate surface area is 144 Å². The number of fused-ring (bicyclic) bond motifs is 1. The number of hydrogen-bond acceptors (Lipinski definition) is 4. The van der Waals surface area contributed by atoms with Gasteiger partial charge in [-0.25, -0.2) is 12.7 Å². The van der Waals surface area contributed by atoms with Crippen LogP contribution >= 0.6 is 0 Å². The average Bonchev–Trinajstić information content (AvgIpc) is 2.52. The van der Waals surface area contributed by atoms with E-state index in [0.717, 1.165) is 22.0 Å². The summed E-state index contributed by atoms with van der Waals surface area (Å²) < 4.78 is 30.2. The summed E-state index contributed by atoms with van der Waals surface area (Å²) in [5, 5.41) is 0. The molecule has 7 heteroatoms. The van der Waals surface area contributed by atoms with E-state index < -0.39 is 10.0 Å². The first-order chi connectivity index (χ1) is 11.2. The van der Waals surface area contributed by atoms with Crippen LogP contribution in [0, 0.1) is 0 Å². The second-order valence-corrected chi connectivity index (χ2v) is 8.75. The molecule has 6 nitrogen and oxygen atoms in total. The highest BCUT2D eigenvalue weighted by Crippen LogP contribution is 2.35. The maximum absolute atomic E-state index is 12.6. The monoisotopic (exact) mass is 354 g/mol. The fourth-order valence-corrected chi connectivity index (χ4v) is 4.03. The van der Waals surface area contributed by atoms with E-state index in [1.165, 1.54) is 19.7 Å². The Morgan fingerprint density at radius 3 is 2.58 bits per heavy atom. The van der Waals surface area contributed by atoms with Crippen LogP contribution < -0.4 is 4.74 Å². The standard InChI is InChI=1S/C17H26N2O4S/c1-12-10-14-11-15(23-5)6-7-16(14)13(2)19(12)17(20)8-9-24(21,22)18(3)4/h6-7,11-13H,8-10H2,1-5H3. The van der Waals surface area contributed by atoms with Gasteiger partial charge >= 0.3 is 0 Å². The predicted octanol–water partition coefficient (Wildman–Crippen LogP) is 1.81. The Balaban J connectivity index is 2.17. The van der Waals surface area contributed by atoms with Gasteiger partial charge in [-0.2, -0.15) is 0 Å². The zero-order valence-electron chi connectivity index (χ0n) is 14.9. The van der Waals surface area contributed by atoms with E-state index in [2.05, 4.69) is 0 Å². The lowest BCUT2D eigenvalue weighted by Crippen LogP contribution is -2.45. The Kier molecular flexibility index (Phi) is 5.55. The highest BCUT2D eigenvalue weighted by atomic mass is 32.2. The number of hydrogen-bond donors (Lipinski definition) is 0. The van der Waals surface area contributed by atoms with Crippen molar-refractivity contribution in [1.82, 2.24) is 9.21 Å². The second-order valence-electron chi connectivity index (χ2n) is 6.44. The van der Waals surface area contributed by atoms with Crippen molar-refractivity contribution in [1.29, 1.82) is 0 Å². The molecule has 1 aliphatic rings. The lowest BCUT2D eigenvalue weighted by Gasteiger charge is -2.40. The number of carbonyl (C=O) groups is 1. The third kappa shape index (κ3) is 3.72. The zero-order valence-corrected chi connectivity index (χ0v) is 15.8. The van der Waals surface area contributed by atoms with Crippen LogP contribution in [0.4, 0.5) is 0 Å². The van der Waals surface area contributed by atoms with E-state index >= 15 is 0 Å². The number of ether oxygens (including phenoxy) is 1. The fourth-order valence-electron chi connectivity index (χ4n) is 3.23. The molecule has 1 amide bonds. The molecule has 0 fully saturated rings. The number of carbonyl (C=O) groups excluding carboxylic acids is 1. The van der Waals surface area contributed by atoms with Crippen LogP contribution in [0.15, 0.2) is 18.2 Å². The van der Waals surface area contributed by atoms with E-state index in [-0.39, 0.29) is 30.2 Å². The van der Waals surface area contributed by atoms with Crippen molar-refractivity contribution in [2.45, 2.75) is 38.8 Å². The molecule has 1 heterocycles. The highest BCUT2D eigenvalue weighted by molar-refractivity contribution is 7.89. The number of sulfonamides is 1. The van der Waals surface area contributed by atoms with Gasteiger partial charge in [0, 0.05) is 26.6 Å². The molecule has 0 spiro atoms. The van der Waals surface area contributed by atoms with Crippen molar-refractivity contribution in [2.75, 3.05) is 27.0 Å². The van der Waals surface area contributed by atoms with Gasteiger partial charge in [0.05, 0.1) is 18.9 Å². The van der Waals surface area contributed by atoms with E-state index in [9.17, 15) is 13.2 Å². The van der Waals surface area contributed by atoms with Gasteiger partial charge in [0.15, 0.2) is 0 Å². The van der Waals surface area contributed by atoms with E-state index in [1.54, 1.807) is 12.0 Å². The summed E-state index contributed by atoms with van der Waals surface area (Å²) in [7, 11) is 1.23. The largest absolute Gasteiger partial charge is 0.497 e. The molecule has 0 bridgehead atoms. The summed E-state index contributed by atoms with van der Waals surface area (Å²) in [6, 6.07) is 5.84. The van der Waals surface area contributed by atoms with Crippen molar-refractivity contribution in [2.24, 2.45) is 0 Å². The number of nitrogens with zero attached hydrogens (tertiary/aromatic N) is 2. The summed E-state index contributed by atoms with van der Waals surface area (Å²) >= 11 is 0.